The lowest BCUT2D eigenvalue weighted by atomic mass is 10.00. The molecule has 23 heavy (non-hydrogen) atoms. The topological polar surface area (TPSA) is 62.7 Å². The molecule has 0 unspecified atom stereocenters. The minimum Gasteiger partial charge on any atom is -0.349 e. The third kappa shape index (κ3) is 3.37. The maximum absolute atomic E-state index is 12.3. The number of aromatic nitrogens is 3. The second kappa shape index (κ2) is 6.28. The minimum atomic E-state index is 0.0760. The lowest BCUT2D eigenvalue weighted by Crippen LogP contribution is -2.26. The molecule has 0 bridgehead atoms. The van der Waals surface area contributed by atoms with Gasteiger partial charge in [0, 0.05) is 13.0 Å². The van der Waals surface area contributed by atoms with Crippen LogP contribution >= 0.6 is 12.2 Å². The molecule has 2 aromatic rings. The molecule has 0 radical (unpaired) electrons. The van der Waals surface area contributed by atoms with Gasteiger partial charge >= 0.3 is 0 Å². The van der Waals surface area contributed by atoms with Gasteiger partial charge in [0.2, 0.25) is 5.91 Å². The van der Waals surface area contributed by atoms with Gasteiger partial charge in [-0.1, -0.05) is 38.1 Å². The van der Waals surface area contributed by atoms with Crippen LogP contribution in [0.5, 0.6) is 0 Å². The van der Waals surface area contributed by atoms with E-state index in [2.05, 4.69) is 53.6 Å². The summed E-state index contributed by atoms with van der Waals surface area (Å²) in [6.07, 6.45) is 0.922. The number of aromatic amines is 1. The van der Waals surface area contributed by atoms with Gasteiger partial charge in [-0.25, -0.2) is 0 Å². The first kappa shape index (κ1) is 15.9. The maximum Gasteiger partial charge on any atom is 0.224 e. The van der Waals surface area contributed by atoms with E-state index in [1.165, 1.54) is 11.1 Å². The summed E-state index contributed by atoms with van der Waals surface area (Å²) in [5, 5.41) is 9.78. The van der Waals surface area contributed by atoms with E-state index in [1.807, 2.05) is 7.05 Å². The van der Waals surface area contributed by atoms with Gasteiger partial charge in [0.1, 0.15) is 0 Å². The lowest BCUT2D eigenvalue weighted by molar-refractivity contribution is -0.122. The lowest BCUT2D eigenvalue weighted by Gasteiger charge is -2.07. The highest BCUT2D eigenvalue weighted by molar-refractivity contribution is 7.71. The van der Waals surface area contributed by atoms with E-state index in [4.69, 9.17) is 12.2 Å². The summed E-state index contributed by atoms with van der Waals surface area (Å²) in [6.45, 7) is 4.77. The van der Waals surface area contributed by atoms with E-state index >= 15 is 0 Å². The van der Waals surface area contributed by atoms with E-state index in [1.54, 1.807) is 4.57 Å². The Kier molecular flexibility index (Phi) is 4.35. The average Bonchev–Trinajstić information content (AvgIpc) is 3.28. The van der Waals surface area contributed by atoms with Gasteiger partial charge in [-0.2, -0.15) is 5.10 Å². The van der Waals surface area contributed by atoms with Crippen molar-refractivity contribution in [1.82, 2.24) is 20.1 Å². The largest absolute Gasteiger partial charge is 0.349 e. The van der Waals surface area contributed by atoms with Crippen molar-refractivity contribution in [2.24, 2.45) is 13.0 Å². The van der Waals surface area contributed by atoms with Crippen LogP contribution in [0.15, 0.2) is 24.3 Å². The molecule has 6 heteroatoms. The van der Waals surface area contributed by atoms with Crippen LogP contribution in [0.4, 0.5) is 0 Å². The summed E-state index contributed by atoms with van der Waals surface area (Å²) in [4.78, 5) is 12.3. The molecule has 1 aromatic carbocycles. The van der Waals surface area contributed by atoms with Crippen molar-refractivity contribution < 1.29 is 4.79 Å². The zero-order valence-electron chi connectivity index (χ0n) is 13.7. The van der Waals surface area contributed by atoms with E-state index < -0.39 is 0 Å². The van der Waals surface area contributed by atoms with Crippen LogP contribution < -0.4 is 5.32 Å². The molecule has 122 valence electrons. The fraction of sp³-hybridized carbons (Fsp3) is 0.471. The van der Waals surface area contributed by atoms with Gasteiger partial charge in [-0.3, -0.25) is 9.89 Å². The maximum atomic E-state index is 12.3. The number of H-pyrrole nitrogens is 1. The van der Waals surface area contributed by atoms with Crippen molar-refractivity contribution in [3.05, 3.63) is 46.0 Å². The molecule has 0 saturated heterocycles. The number of nitrogens with zero attached hydrogens (tertiary/aromatic N) is 2. The Morgan fingerprint density at radius 3 is 2.70 bits per heavy atom. The predicted molar refractivity (Wildman–Crippen MR) is 91.6 cm³/mol. The highest BCUT2D eigenvalue weighted by atomic mass is 32.1. The number of carbonyl (C=O) groups excluding carboxylic acids is 1. The van der Waals surface area contributed by atoms with Crippen LogP contribution in [0.2, 0.25) is 0 Å². The van der Waals surface area contributed by atoms with Gasteiger partial charge in [0.05, 0.1) is 6.54 Å². The summed E-state index contributed by atoms with van der Waals surface area (Å²) in [6, 6.07) is 8.65. The van der Waals surface area contributed by atoms with E-state index in [0.717, 1.165) is 12.2 Å². The second-order valence-corrected chi connectivity index (χ2v) is 6.88. The molecule has 1 saturated carbocycles. The van der Waals surface area contributed by atoms with E-state index in [-0.39, 0.29) is 11.8 Å². The first-order chi connectivity index (χ1) is 11.0. The van der Waals surface area contributed by atoms with Crippen molar-refractivity contribution in [2.45, 2.75) is 38.6 Å². The van der Waals surface area contributed by atoms with Crippen molar-refractivity contribution in [2.75, 3.05) is 0 Å². The molecule has 1 heterocycles. The van der Waals surface area contributed by atoms with Crippen LogP contribution in [0.3, 0.4) is 0 Å². The standard InChI is InChI=1S/C17H22N4OS/c1-10(2)11-4-6-12(7-5-11)13-8-14(13)16(22)18-9-15-19-20-17(23)21(15)3/h4-7,10,13-14H,8-9H2,1-3H3,(H,18,22)(H,20,23)/t13-,14-/m0/s1. The van der Waals surface area contributed by atoms with Gasteiger partial charge < -0.3 is 9.88 Å². The molecule has 1 fully saturated rings. The van der Waals surface area contributed by atoms with Gasteiger partial charge in [-0.05, 0) is 41.6 Å². The van der Waals surface area contributed by atoms with Crippen LogP contribution in [0.25, 0.3) is 0 Å². The Morgan fingerprint density at radius 1 is 1.43 bits per heavy atom. The highest BCUT2D eigenvalue weighted by Gasteiger charge is 2.43. The smallest absolute Gasteiger partial charge is 0.224 e. The van der Waals surface area contributed by atoms with Crippen LogP contribution in [0.1, 0.15) is 49.1 Å². The molecular formula is C17H22N4OS. The van der Waals surface area contributed by atoms with Gasteiger partial charge in [0.15, 0.2) is 10.6 Å². The monoisotopic (exact) mass is 330 g/mol. The molecule has 1 aromatic heterocycles. The summed E-state index contributed by atoms with van der Waals surface area (Å²) in [7, 11) is 1.84. The SMILES string of the molecule is CC(C)c1ccc([C@@H]2C[C@@H]2C(=O)NCc2n[nH]c(=S)n2C)cc1. The fourth-order valence-corrected chi connectivity index (χ4v) is 2.97. The minimum absolute atomic E-state index is 0.0760. The summed E-state index contributed by atoms with van der Waals surface area (Å²) in [5.74, 6) is 1.79. The molecule has 1 amide bonds. The molecule has 0 spiro atoms. The van der Waals surface area contributed by atoms with Crippen molar-refractivity contribution in [3.63, 3.8) is 0 Å². The number of benzene rings is 1. The fourth-order valence-electron chi connectivity index (χ4n) is 2.82. The zero-order valence-corrected chi connectivity index (χ0v) is 14.5. The Hall–Kier alpha value is -1.95. The molecule has 0 aliphatic heterocycles. The Balaban J connectivity index is 1.56. The number of nitrogens with one attached hydrogen (secondary N) is 2. The van der Waals surface area contributed by atoms with Crippen LogP contribution in [-0.4, -0.2) is 20.7 Å². The Labute approximate surface area is 141 Å². The van der Waals surface area contributed by atoms with Gasteiger partial charge in [-0.15, -0.1) is 0 Å². The molecule has 2 N–H and O–H groups in total. The number of rotatable bonds is 5. The molecular weight excluding hydrogens is 308 g/mol. The third-order valence-corrected chi connectivity index (χ3v) is 4.92. The molecule has 5 nitrogen and oxygen atoms in total. The highest BCUT2D eigenvalue weighted by Crippen LogP contribution is 2.47. The van der Waals surface area contributed by atoms with Crippen molar-refractivity contribution in [3.8, 4) is 0 Å². The van der Waals surface area contributed by atoms with Gasteiger partial charge in [0.25, 0.3) is 0 Å². The molecule has 1 aliphatic carbocycles. The molecule has 3 rings (SSSR count). The van der Waals surface area contributed by atoms with Crippen molar-refractivity contribution >= 4 is 18.1 Å². The summed E-state index contributed by atoms with van der Waals surface area (Å²) in [5.41, 5.74) is 2.59. The first-order valence-corrected chi connectivity index (χ1v) is 8.36. The van der Waals surface area contributed by atoms with E-state index in [9.17, 15) is 4.79 Å². The second-order valence-electron chi connectivity index (χ2n) is 6.49. The number of amides is 1. The quantitative estimate of drug-likeness (QED) is 0.828. The molecule has 2 atom stereocenters. The average molecular weight is 330 g/mol. The Morgan fingerprint density at radius 2 is 2.13 bits per heavy atom. The first-order valence-electron chi connectivity index (χ1n) is 7.95. The van der Waals surface area contributed by atoms with E-state index in [0.29, 0.717) is 23.2 Å². The number of hydrogen-bond acceptors (Lipinski definition) is 3. The Bertz CT molecular complexity index is 760. The number of hydrogen-bond donors (Lipinski definition) is 2. The number of carbonyl (C=O) groups is 1. The summed E-state index contributed by atoms with van der Waals surface area (Å²) >= 11 is 5.06. The normalized spacial score (nSPS) is 19.8. The summed E-state index contributed by atoms with van der Waals surface area (Å²) < 4.78 is 2.33. The van der Waals surface area contributed by atoms with Crippen LogP contribution in [0, 0.1) is 10.7 Å². The van der Waals surface area contributed by atoms with Crippen LogP contribution in [-0.2, 0) is 18.4 Å². The predicted octanol–water partition coefficient (Wildman–Crippen LogP) is 3.02. The van der Waals surface area contributed by atoms with Crippen molar-refractivity contribution in [1.29, 1.82) is 0 Å². The molecule has 1 aliphatic rings. The zero-order chi connectivity index (χ0) is 16.6. The third-order valence-electron chi connectivity index (χ3n) is 4.55.